The second-order valence-electron chi connectivity index (χ2n) is 4.74. The Balaban J connectivity index is 2.03. The minimum Gasteiger partial charge on any atom is -0.460 e. The first kappa shape index (κ1) is 16.7. The maximum atomic E-state index is 12.2. The van der Waals surface area contributed by atoms with Crippen LogP contribution in [0.1, 0.15) is 26.3 Å². The number of hydrogen-bond acceptors (Lipinski definition) is 5. The summed E-state index contributed by atoms with van der Waals surface area (Å²) in [6.45, 7) is 0.571. The van der Waals surface area contributed by atoms with Gasteiger partial charge in [-0.1, -0.05) is 42.5 Å². The summed E-state index contributed by atoms with van der Waals surface area (Å²) < 4.78 is 15.1. The molecule has 120 valence electrons. The number of ether oxygens (including phenoxy) is 3. The van der Waals surface area contributed by atoms with Gasteiger partial charge in [-0.3, -0.25) is 0 Å². The SMILES string of the molecule is COCCOC(=O)c1ccccc1C(=O)OCc1ccccc1. The number of methoxy groups -OCH3 is 1. The van der Waals surface area contributed by atoms with Gasteiger partial charge in [0.2, 0.25) is 0 Å². The molecule has 0 unspecified atom stereocenters. The molecule has 2 aromatic rings. The molecular formula is C18H18O5. The van der Waals surface area contributed by atoms with Crippen LogP contribution in [0, 0.1) is 0 Å². The highest BCUT2D eigenvalue weighted by Gasteiger charge is 2.18. The average Bonchev–Trinajstić information content (AvgIpc) is 2.60. The van der Waals surface area contributed by atoms with Crippen LogP contribution >= 0.6 is 0 Å². The third-order valence-electron chi connectivity index (χ3n) is 3.10. The van der Waals surface area contributed by atoms with E-state index in [4.69, 9.17) is 14.2 Å². The normalized spacial score (nSPS) is 10.1. The largest absolute Gasteiger partial charge is 0.460 e. The molecule has 23 heavy (non-hydrogen) atoms. The number of carbonyl (C=O) groups is 2. The molecule has 0 fully saturated rings. The predicted molar refractivity (Wildman–Crippen MR) is 84.2 cm³/mol. The Morgan fingerprint density at radius 3 is 1.96 bits per heavy atom. The van der Waals surface area contributed by atoms with Gasteiger partial charge in [-0.25, -0.2) is 9.59 Å². The highest BCUT2D eigenvalue weighted by Crippen LogP contribution is 2.13. The van der Waals surface area contributed by atoms with Crippen molar-refractivity contribution in [2.75, 3.05) is 20.3 Å². The van der Waals surface area contributed by atoms with Crippen molar-refractivity contribution in [3.05, 3.63) is 71.3 Å². The van der Waals surface area contributed by atoms with Gasteiger partial charge >= 0.3 is 11.9 Å². The summed E-state index contributed by atoms with van der Waals surface area (Å²) in [7, 11) is 1.52. The lowest BCUT2D eigenvalue weighted by atomic mass is 10.1. The zero-order valence-electron chi connectivity index (χ0n) is 12.9. The third kappa shape index (κ3) is 4.93. The molecule has 0 radical (unpaired) electrons. The Morgan fingerprint density at radius 2 is 1.35 bits per heavy atom. The van der Waals surface area contributed by atoms with E-state index in [2.05, 4.69) is 0 Å². The molecule has 5 nitrogen and oxygen atoms in total. The monoisotopic (exact) mass is 314 g/mol. The van der Waals surface area contributed by atoms with Crippen LogP contribution in [0.2, 0.25) is 0 Å². The van der Waals surface area contributed by atoms with Gasteiger partial charge in [-0.15, -0.1) is 0 Å². The Bertz CT molecular complexity index is 651. The fourth-order valence-electron chi connectivity index (χ4n) is 1.94. The second kappa shape index (κ2) is 8.70. The molecule has 0 amide bonds. The van der Waals surface area contributed by atoms with Crippen LogP contribution in [0.3, 0.4) is 0 Å². The lowest BCUT2D eigenvalue weighted by molar-refractivity contribution is 0.0368. The molecular weight excluding hydrogens is 296 g/mol. The minimum absolute atomic E-state index is 0.128. The topological polar surface area (TPSA) is 61.8 Å². The van der Waals surface area contributed by atoms with Gasteiger partial charge in [0.15, 0.2) is 0 Å². The Kier molecular flexibility index (Phi) is 6.32. The molecule has 0 aliphatic heterocycles. The summed E-state index contributed by atoms with van der Waals surface area (Å²) >= 11 is 0. The van der Waals surface area contributed by atoms with E-state index in [1.807, 2.05) is 30.3 Å². The van der Waals surface area contributed by atoms with E-state index in [0.29, 0.717) is 6.61 Å². The van der Waals surface area contributed by atoms with Crippen LogP contribution in [-0.4, -0.2) is 32.3 Å². The molecule has 0 atom stereocenters. The molecule has 0 saturated carbocycles. The van der Waals surface area contributed by atoms with Crippen molar-refractivity contribution in [3.8, 4) is 0 Å². The van der Waals surface area contributed by atoms with Crippen molar-refractivity contribution in [3.63, 3.8) is 0 Å². The number of rotatable bonds is 7. The number of hydrogen-bond donors (Lipinski definition) is 0. The summed E-state index contributed by atoms with van der Waals surface area (Å²) in [4.78, 5) is 24.3. The molecule has 0 aliphatic carbocycles. The van der Waals surface area contributed by atoms with E-state index in [1.165, 1.54) is 13.2 Å². The fraction of sp³-hybridized carbons (Fsp3) is 0.222. The summed E-state index contributed by atoms with van der Waals surface area (Å²) in [5.41, 5.74) is 1.24. The van der Waals surface area contributed by atoms with E-state index in [-0.39, 0.29) is 24.3 Å². The molecule has 2 rings (SSSR count). The predicted octanol–water partition coefficient (Wildman–Crippen LogP) is 2.85. The highest BCUT2D eigenvalue weighted by atomic mass is 16.6. The molecule has 0 N–H and O–H groups in total. The van der Waals surface area contributed by atoms with Gasteiger partial charge in [0.05, 0.1) is 17.7 Å². The molecule has 5 heteroatoms. The molecule has 0 saturated heterocycles. The van der Waals surface area contributed by atoms with Crippen molar-refractivity contribution in [1.29, 1.82) is 0 Å². The van der Waals surface area contributed by atoms with Crippen LogP contribution < -0.4 is 0 Å². The van der Waals surface area contributed by atoms with E-state index in [0.717, 1.165) is 5.56 Å². The van der Waals surface area contributed by atoms with Crippen LogP contribution in [0.25, 0.3) is 0 Å². The standard InChI is InChI=1S/C18H18O5/c1-21-11-12-22-17(19)15-9-5-6-10-16(15)18(20)23-13-14-7-3-2-4-8-14/h2-10H,11-13H2,1H3. The molecule has 2 aromatic carbocycles. The Hall–Kier alpha value is -2.66. The Labute approximate surface area is 134 Å². The van der Waals surface area contributed by atoms with Crippen LogP contribution in [-0.2, 0) is 20.8 Å². The van der Waals surface area contributed by atoms with Crippen molar-refractivity contribution < 1.29 is 23.8 Å². The minimum atomic E-state index is -0.575. The number of carbonyl (C=O) groups excluding carboxylic acids is 2. The van der Waals surface area contributed by atoms with Gasteiger partial charge < -0.3 is 14.2 Å². The zero-order chi connectivity index (χ0) is 16.5. The van der Waals surface area contributed by atoms with E-state index < -0.39 is 11.9 Å². The first-order chi connectivity index (χ1) is 11.2. The van der Waals surface area contributed by atoms with Gasteiger partial charge in [-0.2, -0.15) is 0 Å². The maximum Gasteiger partial charge on any atom is 0.339 e. The van der Waals surface area contributed by atoms with Crippen LogP contribution in [0.4, 0.5) is 0 Å². The fourth-order valence-corrected chi connectivity index (χ4v) is 1.94. The lowest BCUT2D eigenvalue weighted by Gasteiger charge is -2.09. The van der Waals surface area contributed by atoms with E-state index >= 15 is 0 Å². The zero-order valence-corrected chi connectivity index (χ0v) is 12.9. The molecule has 0 spiro atoms. The Morgan fingerprint density at radius 1 is 0.783 bits per heavy atom. The van der Waals surface area contributed by atoms with Crippen molar-refractivity contribution in [2.24, 2.45) is 0 Å². The summed E-state index contributed by atoms with van der Waals surface area (Å²) in [6.07, 6.45) is 0. The van der Waals surface area contributed by atoms with Crippen LogP contribution in [0.5, 0.6) is 0 Å². The molecule has 0 aromatic heterocycles. The summed E-state index contributed by atoms with van der Waals surface area (Å²) in [5.74, 6) is -1.14. The second-order valence-corrected chi connectivity index (χ2v) is 4.74. The van der Waals surface area contributed by atoms with Crippen molar-refractivity contribution in [1.82, 2.24) is 0 Å². The third-order valence-corrected chi connectivity index (χ3v) is 3.10. The maximum absolute atomic E-state index is 12.2. The average molecular weight is 314 g/mol. The lowest BCUT2D eigenvalue weighted by Crippen LogP contribution is -2.15. The van der Waals surface area contributed by atoms with Crippen LogP contribution in [0.15, 0.2) is 54.6 Å². The molecule has 0 heterocycles. The van der Waals surface area contributed by atoms with Crippen molar-refractivity contribution in [2.45, 2.75) is 6.61 Å². The summed E-state index contributed by atoms with van der Waals surface area (Å²) in [5, 5.41) is 0. The van der Waals surface area contributed by atoms with E-state index in [9.17, 15) is 9.59 Å². The quantitative estimate of drug-likeness (QED) is 0.581. The number of esters is 2. The van der Waals surface area contributed by atoms with Gasteiger partial charge in [0, 0.05) is 7.11 Å². The van der Waals surface area contributed by atoms with Gasteiger partial charge in [0.1, 0.15) is 13.2 Å². The first-order valence-electron chi connectivity index (χ1n) is 7.18. The highest BCUT2D eigenvalue weighted by molar-refractivity contribution is 6.03. The smallest absolute Gasteiger partial charge is 0.339 e. The van der Waals surface area contributed by atoms with Gasteiger partial charge in [-0.05, 0) is 17.7 Å². The summed E-state index contributed by atoms with van der Waals surface area (Å²) in [6, 6.07) is 15.8. The van der Waals surface area contributed by atoms with Crippen molar-refractivity contribution >= 4 is 11.9 Å². The van der Waals surface area contributed by atoms with Gasteiger partial charge in [0.25, 0.3) is 0 Å². The molecule has 0 bridgehead atoms. The number of benzene rings is 2. The molecule has 0 aliphatic rings. The van der Waals surface area contributed by atoms with E-state index in [1.54, 1.807) is 18.2 Å². The first-order valence-corrected chi connectivity index (χ1v) is 7.18.